The smallest absolute Gasteiger partial charge is 0.274 e. The molecule has 1 aliphatic rings. The molecule has 1 amide bonds. The summed E-state index contributed by atoms with van der Waals surface area (Å²) in [6.45, 7) is 5.86. The molecule has 0 saturated carbocycles. The fourth-order valence-electron chi connectivity index (χ4n) is 3.57. The van der Waals surface area contributed by atoms with Crippen LogP contribution in [-0.2, 0) is 0 Å². The maximum atomic E-state index is 12.6. The first-order chi connectivity index (χ1) is 12.6. The van der Waals surface area contributed by atoms with Crippen molar-refractivity contribution in [3.8, 4) is 0 Å². The Morgan fingerprint density at radius 2 is 2.07 bits per heavy atom. The summed E-state index contributed by atoms with van der Waals surface area (Å²) in [4.78, 5) is 12.6. The van der Waals surface area contributed by atoms with Crippen LogP contribution in [0.1, 0.15) is 53.7 Å². The highest BCUT2D eigenvalue weighted by molar-refractivity contribution is 5.92. The van der Waals surface area contributed by atoms with Gasteiger partial charge in [-0.3, -0.25) is 4.79 Å². The zero-order valence-electron chi connectivity index (χ0n) is 15.4. The Balaban J connectivity index is 0.00000210. The van der Waals surface area contributed by atoms with Gasteiger partial charge >= 0.3 is 0 Å². The minimum Gasteiger partial charge on any atom is -0.459 e. The monoisotopic (exact) mass is 389 g/mol. The SMILES string of the molecule is Cc1c(C(C)NC(=O)c2cn(C3CCNCC3)nn2)oc2ccccc12.Cl. The van der Waals surface area contributed by atoms with Crippen LogP contribution in [0.15, 0.2) is 34.9 Å². The molecule has 1 unspecified atom stereocenters. The average Bonchev–Trinajstić information content (AvgIpc) is 3.28. The van der Waals surface area contributed by atoms with Crippen LogP contribution in [0.3, 0.4) is 0 Å². The van der Waals surface area contributed by atoms with Gasteiger partial charge in [0.2, 0.25) is 0 Å². The lowest BCUT2D eigenvalue weighted by Crippen LogP contribution is -2.29. The predicted octanol–water partition coefficient (Wildman–Crippen LogP) is 3.17. The van der Waals surface area contributed by atoms with Gasteiger partial charge in [0.05, 0.1) is 18.3 Å². The van der Waals surface area contributed by atoms with E-state index in [0.29, 0.717) is 11.7 Å². The van der Waals surface area contributed by atoms with Gasteiger partial charge in [-0.05, 0) is 45.8 Å². The third kappa shape index (κ3) is 3.84. The number of nitrogens with one attached hydrogen (secondary N) is 2. The van der Waals surface area contributed by atoms with Crippen LogP contribution in [-0.4, -0.2) is 34.0 Å². The lowest BCUT2D eigenvalue weighted by molar-refractivity contribution is 0.0930. The Morgan fingerprint density at radius 3 is 2.81 bits per heavy atom. The lowest BCUT2D eigenvalue weighted by Gasteiger charge is -2.22. The van der Waals surface area contributed by atoms with E-state index >= 15 is 0 Å². The molecule has 0 radical (unpaired) electrons. The van der Waals surface area contributed by atoms with Crippen LogP contribution >= 0.6 is 12.4 Å². The number of nitrogens with zero attached hydrogens (tertiary/aromatic N) is 3. The molecule has 0 bridgehead atoms. The average molecular weight is 390 g/mol. The Bertz CT molecular complexity index is 929. The van der Waals surface area contributed by atoms with E-state index in [1.165, 1.54) is 0 Å². The topological polar surface area (TPSA) is 85.0 Å². The van der Waals surface area contributed by atoms with Crippen molar-refractivity contribution in [1.29, 1.82) is 0 Å². The molecule has 0 spiro atoms. The highest BCUT2D eigenvalue weighted by atomic mass is 35.5. The number of hydrogen-bond acceptors (Lipinski definition) is 5. The molecule has 7 nitrogen and oxygen atoms in total. The van der Waals surface area contributed by atoms with Crippen LogP contribution in [0.5, 0.6) is 0 Å². The number of para-hydroxylation sites is 1. The number of piperidine rings is 1. The number of hydrogen-bond donors (Lipinski definition) is 2. The highest BCUT2D eigenvalue weighted by Gasteiger charge is 2.22. The van der Waals surface area contributed by atoms with Crippen LogP contribution in [0.2, 0.25) is 0 Å². The number of fused-ring (bicyclic) bond motifs is 1. The Hall–Kier alpha value is -2.38. The van der Waals surface area contributed by atoms with Crippen molar-refractivity contribution in [3.63, 3.8) is 0 Å². The number of benzene rings is 1. The number of carbonyl (C=O) groups excluding carboxylic acids is 1. The van der Waals surface area contributed by atoms with Crippen LogP contribution in [0.25, 0.3) is 11.0 Å². The molecule has 2 N–H and O–H groups in total. The van der Waals surface area contributed by atoms with Crippen LogP contribution in [0.4, 0.5) is 0 Å². The number of aryl methyl sites for hydroxylation is 1. The van der Waals surface area contributed by atoms with Crippen molar-refractivity contribution in [2.24, 2.45) is 0 Å². The van der Waals surface area contributed by atoms with E-state index in [4.69, 9.17) is 4.42 Å². The summed E-state index contributed by atoms with van der Waals surface area (Å²) >= 11 is 0. The predicted molar refractivity (Wildman–Crippen MR) is 105 cm³/mol. The van der Waals surface area contributed by atoms with Crippen molar-refractivity contribution in [1.82, 2.24) is 25.6 Å². The molecular formula is C19H24ClN5O2. The van der Waals surface area contributed by atoms with Gasteiger partial charge in [0.15, 0.2) is 5.69 Å². The summed E-state index contributed by atoms with van der Waals surface area (Å²) in [6.07, 6.45) is 3.74. The molecule has 1 fully saturated rings. The molecule has 1 saturated heterocycles. The van der Waals surface area contributed by atoms with Crippen LogP contribution < -0.4 is 10.6 Å². The molecule has 3 heterocycles. The zero-order valence-corrected chi connectivity index (χ0v) is 16.3. The molecule has 2 aromatic heterocycles. The van der Waals surface area contributed by atoms with Gasteiger partial charge in [-0.25, -0.2) is 4.68 Å². The van der Waals surface area contributed by atoms with E-state index in [0.717, 1.165) is 48.2 Å². The second kappa shape index (κ2) is 8.10. The van der Waals surface area contributed by atoms with E-state index in [2.05, 4.69) is 20.9 Å². The Morgan fingerprint density at radius 1 is 1.33 bits per heavy atom. The van der Waals surface area contributed by atoms with Crippen molar-refractivity contribution in [2.75, 3.05) is 13.1 Å². The number of rotatable bonds is 4. The number of aromatic nitrogens is 3. The first kappa shape index (κ1) is 19.4. The molecular weight excluding hydrogens is 366 g/mol. The normalized spacial score (nSPS) is 16.1. The summed E-state index contributed by atoms with van der Waals surface area (Å²) in [5.41, 5.74) is 2.22. The Kier molecular flexibility index (Phi) is 5.82. The quantitative estimate of drug-likeness (QED) is 0.715. The maximum absolute atomic E-state index is 12.6. The van der Waals surface area contributed by atoms with E-state index in [-0.39, 0.29) is 24.4 Å². The fraction of sp³-hybridized carbons (Fsp3) is 0.421. The summed E-state index contributed by atoms with van der Waals surface area (Å²) < 4.78 is 7.75. The second-order valence-electron chi connectivity index (χ2n) is 6.85. The van der Waals surface area contributed by atoms with Crippen molar-refractivity contribution in [3.05, 3.63) is 47.5 Å². The van der Waals surface area contributed by atoms with Gasteiger partial charge < -0.3 is 15.1 Å². The van der Waals surface area contributed by atoms with E-state index < -0.39 is 0 Å². The summed E-state index contributed by atoms with van der Waals surface area (Å²) in [5, 5.41) is 15.6. The van der Waals surface area contributed by atoms with E-state index in [1.807, 2.05) is 42.8 Å². The number of carbonyl (C=O) groups is 1. The first-order valence-electron chi connectivity index (χ1n) is 9.05. The third-order valence-corrected chi connectivity index (χ3v) is 5.05. The minimum absolute atomic E-state index is 0. The zero-order chi connectivity index (χ0) is 18.1. The largest absolute Gasteiger partial charge is 0.459 e. The van der Waals surface area contributed by atoms with Gasteiger partial charge in [-0.1, -0.05) is 23.4 Å². The Labute approximate surface area is 163 Å². The van der Waals surface area contributed by atoms with Gasteiger partial charge in [0, 0.05) is 10.9 Å². The fourth-order valence-corrected chi connectivity index (χ4v) is 3.57. The first-order valence-corrected chi connectivity index (χ1v) is 9.05. The number of amides is 1. The van der Waals surface area contributed by atoms with Crippen molar-refractivity contribution < 1.29 is 9.21 Å². The molecule has 4 rings (SSSR count). The van der Waals surface area contributed by atoms with Crippen molar-refractivity contribution in [2.45, 2.75) is 38.8 Å². The van der Waals surface area contributed by atoms with Gasteiger partial charge in [-0.2, -0.15) is 0 Å². The molecule has 144 valence electrons. The molecule has 27 heavy (non-hydrogen) atoms. The van der Waals surface area contributed by atoms with Gasteiger partial charge in [-0.15, -0.1) is 17.5 Å². The lowest BCUT2D eigenvalue weighted by atomic mass is 10.1. The van der Waals surface area contributed by atoms with E-state index in [9.17, 15) is 4.79 Å². The number of halogens is 1. The third-order valence-electron chi connectivity index (χ3n) is 5.05. The number of furan rings is 1. The minimum atomic E-state index is -0.251. The molecule has 8 heteroatoms. The second-order valence-corrected chi connectivity index (χ2v) is 6.85. The summed E-state index contributed by atoms with van der Waals surface area (Å²) in [7, 11) is 0. The van der Waals surface area contributed by atoms with Crippen LogP contribution in [0, 0.1) is 6.92 Å². The van der Waals surface area contributed by atoms with Crippen molar-refractivity contribution >= 4 is 29.3 Å². The van der Waals surface area contributed by atoms with Gasteiger partial charge in [0.1, 0.15) is 11.3 Å². The molecule has 3 aromatic rings. The molecule has 1 aliphatic heterocycles. The highest BCUT2D eigenvalue weighted by Crippen LogP contribution is 2.29. The molecule has 0 aliphatic carbocycles. The van der Waals surface area contributed by atoms with E-state index in [1.54, 1.807) is 6.20 Å². The molecule has 1 aromatic carbocycles. The standard InChI is InChI=1S/C19H23N5O2.ClH/c1-12-15-5-3-4-6-17(15)26-18(12)13(2)21-19(25)16-11-24(23-22-16)14-7-9-20-10-8-14;/h3-6,11,13-14,20H,7-10H2,1-2H3,(H,21,25);1H. The van der Waals surface area contributed by atoms with Gasteiger partial charge in [0.25, 0.3) is 5.91 Å². The maximum Gasteiger partial charge on any atom is 0.274 e. The summed E-state index contributed by atoms with van der Waals surface area (Å²) in [5.74, 6) is 0.530. The molecule has 1 atom stereocenters. The summed E-state index contributed by atoms with van der Waals surface area (Å²) in [6, 6.07) is 7.94.